The molecule has 0 radical (unpaired) electrons. The quantitative estimate of drug-likeness (QED) is 0.197. The maximum absolute atomic E-state index is 14.1. The van der Waals surface area contributed by atoms with Gasteiger partial charge in [0.2, 0.25) is 0 Å². The van der Waals surface area contributed by atoms with E-state index in [9.17, 15) is 19.2 Å². The fourth-order valence-electron chi connectivity index (χ4n) is 6.28. The van der Waals surface area contributed by atoms with E-state index in [0.717, 1.165) is 51.4 Å². The van der Waals surface area contributed by atoms with Gasteiger partial charge in [0, 0.05) is 22.9 Å². The molecular weight excluding hydrogens is 583 g/mol. The summed E-state index contributed by atoms with van der Waals surface area (Å²) < 4.78 is 0. The maximum atomic E-state index is 14.1. The predicted octanol–water partition coefficient (Wildman–Crippen LogP) is 9.49. The molecule has 0 unspecified atom stereocenters. The minimum Gasteiger partial charge on any atom is -0.271 e. The van der Waals surface area contributed by atoms with Crippen molar-refractivity contribution in [3.63, 3.8) is 0 Å². The average molecular weight is 622 g/mol. The first-order valence-electron chi connectivity index (χ1n) is 15.1. The normalized spacial score (nSPS) is 15.0. The first kappa shape index (κ1) is 31.8. The number of carbonyl (C=O) groups is 4. The number of hydrogen-bond acceptors (Lipinski definition) is 4. The van der Waals surface area contributed by atoms with Crippen LogP contribution in [0.15, 0.2) is 6.07 Å². The molecule has 0 aromatic heterocycles. The smallest absolute Gasteiger partial charge is 0.263 e. The van der Waals surface area contributed by atoms with E-state index in [-0.39, 0.29) is 60.2 Å². The summed E-state index contributed by atoms with van der Waals surface area (Å²) in [6, 6.07) is 0.831. The molecule has 0 aliphatic carbocycles. The summed E-state index contributed by atoms with van der Waals surface area (Å²) in [6.45, 7) is 8.26. The summed E-state index contributed by atoms with van der Waals surface area (Å²) >= 11 is 20.4. The Balaban J connectivity index is 1.95. The zero-order valence-corrected chi connectivity index (χ0v) is 26.6. The van der Waals surface area contributed by atoms with E-state index in [0.29, 0.717) is 25.7 Å². The van der Waals surface area contributed by atoms with Gasteiger partial charge in [-0.2, -0.15) is 0 Å². The molecule has 0 atom stereocenters. The lowest BCUT2D eigenvalue weighted by Crippen LogP contribution is -2.49. The molecule has 0 saturated carbocycles. The molecule has 4 rings (SSSR count). The first-order chi connectivity index (χ1) is 19.7. The number of hydrogen-bond donors (Lipinski definition) is 0. The van der Waals surface area contributed by atoms with E-state index in [2.05, 4.69) is 27.7 Å². The van der Waals surface area contributed by atoms with Gasteiger partial charge in [-0.15, -0.1) is 0 Å². The number of imide groups is 2. The minimum atomic E-state index is -0.558. The van der Waals surface area contributed by atoms with Gasteiger partial charge in [-0.3, -0.25) is 29.0 Å². The van der Waals surface area contributed by atoms with Gasteiger partial charge in [-0.05, 0) is 31.7 Å². The molecule has 0 bridgehead atoms. The van der Waals surface area contributed by atoms with Crippen LogP contribution in [0, 0.1) is 0 Å². The molecule has 2 aliphatic rings. The van der Waals surface area contributed by atoms with E-state index < -0.39 is 23.6 Å². The molecule has 41 heavy (non-hydrogen) atoms. The lowest BCUT2D eigenvalue weighted by molar-refractivity contribution is 0.0496. The number of rotatable bonds is 14. The molecule has 2 aromatic rings. The first-order valence-corrected chi connectivity index (χ1v) is 16.2. The zero-order chi connectivity index (χ0) is 30.0. The van der Waals surface area contributed by atoms with Gasteiger partial charge in [-0.25, -0.2) is 0 Å². The molecule has 0 spiro atoms. The van der Waals surface area contributed by atoms with Crippen molar-refractivity contribution in [2.24, 2.45) is 0 Å². The molecule has 2 heterocycles. The largest absolute Gasteiger partial charge is 0.271 e. The van der Waals surface area contributed by atoms with Crippen molar-refractivity contribution in [2.75, 3.05) is 0 Å². The number of amides is 4. The van der Waals surface area contributed by atoms with Gasteiger partial charge < -0.3 is 0 Å². The summed E-state index contributed by atoms with van der Waals surface area (Å²) in [7, 11) is 0. The number of halogens is 3. The molecule has 0 saturated heterocycles. The van der Waals surface area contributed by atoms with Gasteiger partial charge in [-0.1, -0.05) is 114 Å². The van der Waals surface area contributed by atoms with Gasteiger partial charge in [0.25, 0.3) is 23.6 Å². The second-order valence-electron chi connectivity index (χ2n) is 11.2. The highest BCUT2D eigenvalue weighted by molar-refractivity contribution is 6.51. The molecule has 2 aromatic carbocycles. The number of carbonyl (C=O) groups excluding carboxylic acids is 4. The Labute approximate surface area is 257 Å². The third-order valence-corrected chi connectivity index (χ3v) is 9.60. The number of unbranched alkanes of at least 4 members (excludes halogenated alkanes) is 4. The maximum Gasteiger partial charge on any atom is 0.263 e. The Kier molecular flexibility index (Phi) is 10.4. The highest BCUT2D eigenvalue weighted by Gasteiger charge is 2.46. The minimum absolute atomic E-state index is 0.0364. The summed E-state index contributed by atoms with van der Waals surface area (Å²) in [5.74, 6) is -2.11. The molecule has 2 aliphatic heterocycles. The molecule has 4 amide bonds. The average Bonchev–Trinajstić information content (AvgIpc) is 2.94. The topological polar surface area (TPSA) is 74.8 Å². The van der Waals surface area contributed by atoms with Crippen LogP contribution >= 0.6 is 34.8 Å². The lowest BCUT2D eigenvalue weighted by atomic mass is 9.84. The van der Waals surface area contributed by atoms with Crippen LogP contribution in [0.2, 0.25) is 15.1 Å². The lowest BCUT2D eigenvalue weighted by Gasteiger charge is -2.38. The van der Waals surface area contributed by atoms with Crippen molar-refractivity contribution in [2.45, 2.75) is 117 Å². The molecule has 222 valence electrons. The monoisotopic (exact) mass is 620 g/mol. The van der Waals surface area contributed by atoms with Crippen LogP contribution in [0.3, 0.4) is 0 Å². The molecule has 9 heteroatoms. The molecule has 0 N–H and O–H groups in total. The van der Waals surface area contributed by atoms with Crippen LogP contribution in [0.4, 0.5) is 0 Å². The Morgan fingerprint density at radius 2 is 0.927 bits per heavy atom. The van der Waals surface area contributed by atoms with Crippen molar-refractivity contribution in [3.05, 3.63) is 43.4 Å². The van der Waals surface area contributed by atoms with Gasteiger partial charge in [0.05, 0.1) is 37.3 Å². The van der Waals surface area contributed by atoms with Gasteiger partial charge in [0.15, 0.2) is 0 Å². The summed E-state index contributed by atoms with van der Waals surface area (Å²) in [5, 5.41) is 0.263. The highest BCUT2D eigenvalue weighted by atomic mass is 35.5. The van der Waals surface area contributed by atoms with E-state index in [1.54, 1.807) is 0 Å². The summed E-state index contributed by atoms with van der Waals surface area (Å²) in [5.41, 5.74) is 0.363. The third-order valence-electron chi connectivity index (χ3n) is 8.45. The van der Waals surface area contributed by atoms with Crippen LogP contribution in [-0.4, -0.2) is 45.5 Å². The Morgan fingerprint density at radius 3 is 1.34 bits per heavy atom. The van der Waals surface area contributed by atoms with Crippen LogP contribution in [-0.2, 0) is 0 Å². The zero-order valence-electron chi connectivity index (χ0n) is 24.4. The van der Waals surface area contributed by atoms with Crippen molar-refractivity contribution < 1.29 is 19.2 Å². The molecule has 6 nitrogen and oxygen atoms in total. The second-order valence-corrected chi connectivity index (χ2v) is 12.4. The van der Waals surface area contributed by atoms with Crippen molar-refractivity contribution in [1.29, 1.82) is 0 Å². The number of nitrogens with zero attached hydrogens (tertiary/aromatic N) is 2. The highest BCUT2D eigenvalue weighted by Crippen LogP contribution is 2.48. The van der Waals surface area contributed by atoms with E-state index >= 15 is 0 Å². The molecular formula is C32H39Cl3N2O4. The SMILES string of the molecule is CCCCC(CCCC)N1C(=O)c2cc(Cl)c3c4c(c(Cl)c(Cl)c(c24)C1=O)C(=O)N(C(CCCC)CCCC)C3=O. The Hall–Kier alpha value is -2.15. The predicted molar refractivity (Wildman–Crippen MR) is 166 cm³/mol. The second kappa shape index (κ2) is 13.4. The van der Waals surface area contributed by atoms with Gasteiger partial charge in [0.1, 0.15) is 0 Å². The fraction of sp³-hybridized carbons (Fsp3) is 0.562. The molecule has 0 fully saturated rings. The van der Waals surface area contributed by atoms with E-state index in [4.69, 9.17) is 34.8 Å². The Morgan fingerprint density at radius 1 is 0.561 bits per heavy atom. The Bertz CT molecular complexity index is 1370. The van der Waals surface area contributed by atoms with Crippen LogP contribution in [0.25, 0.3) is 10.8 Å². The van der Waals surface area contributed by atoms with E-state index in [1.165, 1.54) is 15.9 Å². The van der Waals surface area contributed by atoms with Crippen molar-refractivity contribution >= 4 is 69.2 Å². The standard InChI is InChI=1S/C32H39Cl3N2O4/c1-5-9-13-18(14-10-6-2)36-29(38)20-17-21(33)23-24-22(20)25(31(36)40)27(34)28(35)26(24)32(41)37(30(23)39)19(15-11-7-3)16-12-8-4/h17-19H,5-16H2,1-4H3. The summed E-state index contributed by atoms with van der Waals surface area (Å²) in [4.78, 5) is 58.9. The summed E-state index contributed by atoms with van der Waals surface area (Å²) in [6.07, 6.45) is 9.77. The van der Waals surface area contributed by atoms with Crippen LogP contribution in [0.5, 0.6) is 0 Å². The third kappa shape index (κ3) is 5.52. The van der Waals surface area contributed by atoms with Crippen LogP contribution < -0.4 is 0 Å². The van der Waals surface area contributed by atoms with E-state index in [1.807, 2.05) is 0 Å². The van der Waals surface area contributed by atoms with Gasteiger partial charge >= 0.3 is 0 Å². The fourth-order valence-corrected chi connectivity index (χ4v) is 7.11. The van der Waals surface area contributed by atoms with Crippen molar-refractivity contribution in [3.8, 4) is 0 Å². The van der Waals surface area contributed by atoms with Crippen LogP contribution in [0.1, 0.15) is 146 Å². The number of benzene rings is 2. The van der Waals surface area contributed by atoms with Crippen molar-refractivity contribution in [1.82, 2.24) is 9.80 Å².